The first-order valence-electron chi connectivity index (χ1n) is 8.96. The van der Waals surface area contributed by atoms with Crippen molar-refractivity contribution in [2.24, 2.45) is 0 Å². The first kappa shape index (κ1) is 21.1. The Morgan fingerprint density at radius 2 is 1.71 bits per heavy atom. The third-order valence-corrected chi connectivity index (χ3v) is 6.78. The van der Waals surface area contributed by atoms with E-state index in [9.17, 15) is 21.6 Å². The number of halogens is 3. The van der Waals surface area contributed by atoms with Gasteiger partial charge in [-0.3, -0.25) is 4.72 Å². The molecule has 160 valence electrons. The molecule has 0 saturated carbocycles. The minimum Gasteiger partial charge on any atom is -0.404 e. The number of nitrogens with one attached hydrogen (secondary N) is 1. The number of para-hydroxylation sites is 1. The zero-order valence-corrected chi connectivity index (χ0v) is 17.6. The predicted molar refractivity (Wildman–Crippen MR) is 114 cm³/mol. The van der Waals surface area contributed by atoms with Crippen molar-refractivity contribution >= 4 is 37.3 Å². The van der Waals surface area contributed by atoms with E-state index >= 15 is 0 Å². The standard InChI is InChI=1S/C21H15F3N2O3S2/c1-13-6-11-16-18(12-13)30-20(25-16)14-7-9-15(10-8-14)26-31(27,28)19-5-3-2-4-17(19)29-21(22,23)24/h2-12,26H,1H3. The Kier molecular flexibility index (Phi) is 5.36. The van der Waals surface area contributed by atoms with Crippen LogP contribution in [0.2, 0.25) is 0 Å². The molecule has 0 aliphatic heterocycles. The summed E-state index contributed by atoms with van der Waals surface area (Å²) >= 11 is 1.51. The quantitative estimate of drug-likeness (QED) is 0.395. The number of fused-ring (bicyclic) bond motifs is 1. The Morgan fingerprint density at radius 3 is 2.42 bits per heavy atom. The maximum Gasteiger partial charge on any atom is 0.573 e. The van der Waals surface area contributed by atoms with Gasteiger partial charge in [-0.25, -0.2) is 13.4 Å². The van der Waals surface area contributed by atoms with Gasteiger partial charge in [-0.2, -0.15) is 0 Å². The number of sulfonamides is 1. The van der Waals surface area contributed by atoms with E-state index in [4.69, 9.17) is 0 Å². The van der Waals surface area contributed by atoms with Crippen molar-refractivity contribution in [1.29, 1.82) is 0 Å². The molecule has 5 nitrogen and oxygen atoms in total. The van der Waals surface area contributed by atoms with E-state index in [1.54, 1.807) is 12.1 Å². The molecule has 1 aromatic heterocycles. The number of alkyl halides is 3. The van der Waals surface area contributed by atoms with Crippen LogP contribution in [-0.2, 0) is 10.0 Å². The van der Waals surface area contributed by atoms with Gasteiger partial charge in [0.05, 0.1) is 10.2 Å². The summed E-state index contributed by atoms with van der Waals surface area (Å²) in [5, 5.41) is 0.777. The second-order valence-electron chi connectivity index (χ2n) is 6.67. The Labute approximate surface area is 180 Å². The van der Waals surface area contributed by atoms with Crippen molar-refractivity contribution in [3.63, 3.8) is 0 Å². The number of hydrogen-bond donors (Lipinski definition) is 1. The van der Waals surface area contributed by atoms with Crippen molar-refractivity contribution in [2.75, 3.05) is 4.72 Å². The van der Waals surface area contributed by atoms with Gasteiger partial charge in [0.2, 0.25) is 0 Å². The van der Waals surface area contributed by atoms with Gasteiger partial charge in [0.25, 0.3) is 10.0 Å². The van der Waals surface area contributed by atoms with Crippen LogP contribution < -0.4 is 9.46 Å². The molecule has 1 N–H and O–H groups in total. The van der Waals surface area contributed by atoms with Crippen LogP contribution >= 0.6 is 11.3 Å². The molecule has 0 atom stereocenters. The Balaban J connectivity index is 1.59. The number of aryl methyl sites for hydroxylation is 1. The number of thiazole rings is 1. The molecule has 4 aromatic rings. The van der Waals surface area contributed by atoms with Crippen molar-refractivity contribution in [3.05, 3.63) is 72.3 Å². The Morgan fingerprint density at radius 1 is 1.00 bits per heavy atom. The molecule has 0 amide bonds. The number of benzene rings is 3. The zero-order chi connectivity index (χ0) is 22.2. The summed E-state index contributed by atoms with van der Waals surface area (Å²) in [4.78, 5) is 3.97. The second kappa shape index (κ2) is 7.86. The molecule has 10 heteroatoms. The molecule has 0 unspecified atom stereocenters. The fourth-order valence-electron chi connectivity index (χ4n) is 2.93. The van der Waals surface area contributed by atoms with Gasteiger partial charge in [0.1, 0.15) is 15.7 Å². The topological polar surface area (TPSA) is 68.3 Å². The van der Waals surface area contributed by atoms with Gasteiger partial charge in [0.15, 0.2) is 0 Å². The number of ether oxygens (including phenoxy) is 1. The first-order valence-corrected chi connectivity index (χ1v) is 11.3. The highest BCUT2D eigenvalue weighted by Gasteiger charge is 2.34. The molecule has 0 radical (unpaired) electrons. The highest BCUT2D eigenvalue weighted by molar-refractivity contribution is 7.92. The van der Waals surface area contributed by atoms with Crippen molar-refractivity contribution in [1.82, 2.24) is 4.98 Å². The molecule has 0 saturated heterocycles. The lowest BCUT2D eigenvalue weighted by Crippen LogP contribution is -2.20. The number of anilines is 1. The van der Waals surface area contributed by atoms with Crippen LogP contribution in [0.15, 0.2) is 71.6 Å². The van der Waals surface area contributed by atoms with Crippen LogP contribution in [0.5, 0.6) is 5.75 Å². The summed E-state index contributed by atoms with van der Waals surface area (Å²) < 4.78 is 70.3. The van der Waals surface area contributed by atoms with Gasteiger partial charge >= 0.3 is 6.36 Å². The molecule has 1 heterocycles. The third kappa shape index (κ3) is 4.80. The first-order chi connectivity index (χ1) is 14.6. The van der Waals surface area contributed by atoms with Crippen LogP contribution in [-0.4, -0.2) is 19.8 Å². The van der Waals surface area contributed by atoms with Crippen molar-refractivity contribution in [3.8, 4) is 16.3 Å². The smallest absolute Gasteiger partial charge is 0.404 e. The summed E-state index contributed by atoms with van der Waals surface area (Å²) in [5.41, 5.74) is 2.99. The van der Waals surface area contributed by atoms with E-state index in [0.717, 1.165) is 38.5 Å². The average Bonchev–Trinajstić information content (AvgIpc) is 3.10. The second-order valence-corrected chi connectivity index (χ2v) is 9.35. The highest BCUT2D eigenvalue weighted by atomic mass is 32.2. The van der Waals surface area contributed by atoms with Crippen LogP contribution in [0.4, 0.5) is 18.9 Å². The SMILES string of the molecule is Cc1ccc2nc(-c3ccc(NS(=O)(=O)c4ccccc4OC(F)(F)F)cc3)sc2c1. The molecule has 0 fully saturated rings. The normalized spacial score (nSPS) is 12.1. The lowest BCUT2D eigenvalue weighted by Gasteiger charge is -2.14. The number of aromatic nitrogens is 1. The Bertz CT molecular complexity index is 1350. The molecule has 3 aromatic carbocycles. The molecule has 0 aliphatic carbocycles. The van der Waals surface area contributed by atoms with E-state index in [1.807, 2.05) is 25.1 Å². The minimum atomic E-state index is -5.01. The molecule has 0 aliphatic rings. The van der Waals surface area contributed by atoms with Crippen LogP contribution in [0.3, 0.4) is 0 Å². The highest BCUT2D eigenvalue weighted by Crippen LogP contribution is 2.33. The molecule has 31 heavy (non-hydrogen) atoms. The van der Waals surface area contributed by atoms with Gasteiger partial charge in [-0.1, -0.05) is 18.2 Å². The lowest BCUT2D eigenvalue weighted by molar-refractivity contribution is -0.275. The van der Waals surface area contributed by atoms with Gasteiger partial charge in [-0.05, 0) is 61.0 Å². The van der Waals surface area contributed by atoms with Crippen LogP contribution in [0.1, 0.15) is 5.56 Å². The molecule has 0 spiro atoms. The van der Waals surface area contributed by atoms with E-state index in [2.05, 4.69) is 14.4 Å². The maximum absolute atomic E-state index is 12.6. The molecular weight excluding hydrogens is 449 g/mol. The Hall–Kier alpha value is -3.11. The summed E-state index contributed by atoms with van der Waals surface area (Å²) in [6.45, 7) is 2.00. The largest absolute Gasteiger partial charge is 0.573 e. The fraction of sp³-hybridized carbons (Fsp3) is 0.0952. The number of hydrogen-bond acceptors (Lipinski definition) is 5. The summed E-state index contributed by atoms with van der Waals surface area (Å²) in [5.74, 6) is -0.802. The van der Waals surface area contributed by atoms with Gasteiger partial charge in [0, 0.05) is 11.3 Å². The average molecular weight is 464 g/mol. The minimum absolute atomic E-state index is 0.197. The van der Waals surface area contributed by atoms with Crippen molar-refractivity contribution in [2.45, 2.75) is 18.2 Å². The summed E-state index contributed by atoms with van der Waals surface area (Å²) in [6, 6.07) is 17.0. The molecule has 0 bridgehead atoms. The summed E-state index contributed by atoms with van der Waals surface area (Å²) in [6.07, 6.45) is -5.01. The van der Waals surface area contributed by atoms with Crippen LogP contribution in [0, 0.1) is 6.92 Å². The van der Waals surface area contributed by atoms with Gasteiger partial charge in [-0.15, -0.1) is 24.5 Å². The number of rotatable bonds is 5. The summed E-state index contributed by atoms with van der Waals surface area (Å²) in [7, 11) is -4.31. The number of nitrogens with zero attached hydrogens (tertiary/aromatic N) is 1. The lowest BCUT2D eigenvalue weighted by atomic mass is 10.2. The van der Waals surface area contributed by atoms with Gasteiger partial charge < -0.3 is 4.74 Å². The fourth-order valence-corrected chi connectivity index (χ4v) is 5.19. The van der Waals surface area contributed by atoms with Crippen molar-refractivity contribution < 1.29 is 26.3 Å². The zero-order valence-electron chi connectivity index (χ0n) is 16.0. The van der Waals surface area contributed by atoms with E-state index in [1.165, 1.54) is 35.6 Å². The van der Waals surface area contributed by atoms with Crippen LogP contribution in [0.25, 0.3) is 20.8 Å². The molecular formula is C21H15F3N2O3S2. The predicted octanol–water partition coefficient (Wildman–Crippen LogP) is 5.97. The van der Waals surface area contributed by atoms with E-state index in [-0.39, 0.29) is 5.69 Å². The third-order valence-electron chi connectivity index (χ3n) is 4.29. The monoisotopic (exact) mass is 464 g/mol. The van der Waals surface area contributed by atoms with E-state index in [0.29, 0.717) is 0 Å². The maximum atomic E-state index is 12.6. The molecule has 4 rings (SSSR count). The van der Waals surface area contributed by atoms with E-state index < -0.39 is 27.0 Å².